The molecule has 2 aromatic rings. The fourth-order valence-corrected chi connectivity index (χ4v) is 3.91. The number of sulfone groups is 1. The molecule has 0 saturated carbocycles. The maximum absolute atomic E-state index is 11.7. The molecule has 0 fully saturated rings. The van der Waals surface area contributed by atoms with Gasteiger partial charge in [0.25, 0.3) is 0 Å². The summed E-state index contributed by atoms with van der Waals surface area (Å²) in [5.41, 5.74) is 0.696. The molecule has 24 heavy (non-hydrogen) atoms. The zero-order valence-electron chi connectivity index (χ0n) is 13.6. The number of thiazole rings is 1. The highest BCUT2D eigenvalue weighted by Crippen LogP contribution is 2.31. The van der Waals surface area contributed by atoms with Gasteiger partial charge in [-0.3, -0.25) is 10.1 Å². The van der Waals surface area contributed by atoms with Crippen molar-refractivity contribution < 1.29 is 13.3 Å². The summed E-state index contributed by atoms with van der Waals surface area (Å²) < 4.78 is 23.5. The van der Waals surface area contributed by atoms with Crippen LogP contribution in [0.25, 0.3) is 0 Å². The highest BCUT2D eigenvalue weighted by Gasteiger charge is 2.25. The second-order valence-electron chi connectivity index (χ2n) is 5.69. The lowest BCUT2D eigenvalue weighted by Gasteiger charge is -2.09. The fraction of sp³-hybridized carbons (Fsp3) is 0.400. The van der Waals surface area contributed by atoms with Crippen molar-refractivity contribution in [3.05, 3.63) is 44.4 Å². The van der Waals surface area contributed by atoms with Crippen molar-refractivity contribution in [2.24, 2.45) is 0 Å². The largest absolute Gasteiger partial charge is 0.379 e. The smallest absolute Gasteiger partial charge is 0.310 e. The Morgan fingerprint density at radius 1 is 1.38 bits per heavy atom. The van der Waals surface area contributed by atoms with Crippen LogP contribution in [0.1, 0.15) is 30.5 Å². The monoisotopic (exact) mass is 369 g/mol. The number of nitrogens with one attached hydrogen (secondary N) is 1. The molecular formula is C15H19N3O4S2. The van der Waals surface area contributed by atoms with Gasteiger partial charge >= 0.3 is 5.69 Å². The summed E-state index contributed by atoms with van der Waals surface area (Å²) in [5.74, 6) is 0.365. The minimum Gasteiger partial charge on any atom is -0.379 e. The Labute approximate surface area is 144 Å². The quantitative estimate of drug-likeness (QED) is 0.594. The predicted molar refractivity (Wildman–Crippen MR) is 94.6 cm³/mol. The Kier molecular flexibility index (Phi) is 5.55. The van der Waals surface area contributed by atoms with Gasteiger partial charge in [-0.15, -0.1) is 11.3 Å². The molecular weight excluding hydrogens is 350 g/mol. The molecule has 1 N–H and O–H groups in total. The van der Waals surface area contributed by atoms with Crippen molar-refractivity contribution >= 4 is 32.5 Å². The van der Waals surface area contributed by atoms with E-state index in [2.05, 4.69) is 24.1 Å². The number of aromatic nitrogens is 1. The van der Waals surface area contributed by atoms with E-state index in [0.717, 1.165) is 17.0 Å². The number of nitro benzene ring substituents is 1. The lowest BCUT2D eigenvalue weighted by molar-refractivity contribution is -0.386. The van der Waals surface area contributed by atoms with E-state index >= 15 is 0 Å². The maximum atomic E-state index is 11.7. The van der Waals surface area contributed by atoms with Crippen LogP contribution in [0, 0.1) is 10.1 Å². The van der Waals surface area contributed by atoms with Crippen LogP contribution in [0.3, 0.4) is 0 Å². The molecule has 7 nitrogen and oxygen atoms in total. The van der Waals surface area contributed by atoms with Gasteiger partial charge in [0.15, 0.2) is 9.84 Å². The van der Waals surface area contributed by atoms with E-state index in [1.165, 1.54) is 18.2 Å². The van der Waals surface area contributed by atoms with Crippen LogP contribution >= 0.6 is 11.3 Å². The van der Waals surface area contributed by atoms with Gasteiger partial charge in [-0.1, -0.05) is 19.9 Å². The van der Waals surface area contributed by atoms with Gasteiger partial charge in [0.05, 0.1) is 15.6 Å². The van der Waals surface area contributed by atoms with E-state index in [4.69, 9.17) is 0 Å². The van der Waals surface area contributed by atoms with E-state index in [-0.39, 0.29) is 10.6 Å². The van der Waals surface area contributed by atoms with Gasteiger partial charge < -0.3 is 5.32 Å². The fourth-order valence-electron chi connectivity index (χ4n) is 2.18. The molecule has 1 aromatic heterocycles. The number of hydrogen-bond donors (Lipinski definition) is 1. The Hall–Kier alpha value is -2.00. The first kappa shape index (κ1) is 18.3. The zero-order chi connectivity index (χ0) is 17.9. The number of rotatable bonds is 7. The lowest BCUT2D eigenvalue weighted by atomic mass is 10.2. The molecule has 0 bridgehead atoms. The van der Waals surface area contributed by atoms with Gasteiger partial charge in [-0.2, -0.15) is 0 Å². The standard InChI is InChI=1S/C15H19N3O4S2/c1-10(2)15-17-11(9-23-15)7-8-16-12-5-4-6-13(24(3,21)22)14(12)18(19)20/h4-6,9-10,16H,7-8H2,1-3H3. The van der Waals surface area contributed by atoms with Gasteiger partial charge in [-0.25, -0.2) is 13.4 Å². The summed E-state index contributed by atoms with van der Waals surface area (Å²) in [7, 11) is -3.68. The second-order valence-corrected chi connectivity index (χ2v) is 8.56. The van der Waals surface area contributed by atoms with Gasteiger partial charge in [0.1, 0.15) is 10.6 Å². The van der Waals surface area contributed by atoms with Crippen molar-refractivity contribution in [3.63, 3.8) is 0 Å². The molecule has 0 radical (unpaired) electrons. The minimum atomic E-state index is -3.68. The van der Waals surface area contributed by atoms with Crippen molar-refractivity contribution in [1.29, 1.82) is 0 Å². The van der Waals surface area contributed by atoms with E-state index in [0.29, 0.717) is 18.9 Å². The van der Waals surface area contributed by atoms with E-state index in [1.54, 1.807) is 11.3 Å². The maximum Gasteiger partial charge on any atom is 0.310 e. The average molecular weight is 369 g/mol. The van der Waals surface area contributed by atoms with E-state index < -0.39 is 20.4 Å². The Bertz CT molecular complexity index is 844. The molecule has 0 atom stereocenters. The third kappa shape index (κ3) is 4.30. The van der Waals surface area contributed by atoms with Crippen LogP contribution in [-0.2, 0) is 16.3 Å². The van der Waals surface area contributed by atoms with Crippen LogP contribution in [0.4, 0.5) is 11.4 Å². The average Bonchev–Trinajstić information content (AvgIpc) is 2.95. The van der Waals surface area contributed by atoms with Crippen LogP contribution in [0.5, 0.6) is 0 Å². The third-order valence-electron chi connectivity index (χ3n) is 3.34. The molecule has 0 aliphatic heterocycles. The topological polar surface area (TPSA) is 102 Å². The SMILES string of the molecule is CC(C)c1nc(CCNc2cccc(S(C)(=O)=O)c2[N+](=O)[O-])cs1. The predicted octanol–water partition coefficient (Wildman–Crippen LogP) is 3.23. The first-order valence-corrected chi connectivity index (χ1v) is 10.1. The van der Waals surface area contributed by atoms with Crippen LogP contribution in [0.2, 0.25) is 0 Å². The summed E-state index contributed by atoms with van der Waals surface area (Å²) in [6.07, 6.45) is 1.56. The summed E-state index contributed by atoms with van der Waals surface area (Å²) in [5, 5.41) is 17.3. The molecule has 9 heteroatoms. The summed E-state index contributed by atoms with van der Waals surface area (Å²) in [4.78, 5) is 14.8. The number of hydrogen-bond acceptors (Lipinski definition) is 7. The molecule has 0 saturated heterocycles. The number of nitro groups is 1. The van der Waals surface area contributed by atoms with E-state index in [1.807, 2.05) is 5.38 Å². The van der Waals surface area contributed by atoms with Gasteiger partial charge in [0, 0.05) is 30.5 Å². The van der Waals surface area contributed by atoms with Crippen molar-refractivity contribution in [2.45, 2.75) is 31.1 Å². The molecule has 0 aliphatic carbocycles. The molecule has 0 unspecified atom stereocenters. The lowest BCUT2D eigenvalue weighted by Crippen LogP contribution is -2.10. The molecule has 0 spiro atoms. The Balaban J connectivity index is 2.16. The molecule has 1 heterocycles. The van der Waals surface area contributed by atoms with Gasteiger partial charge in [0.2, 0.25) is 0 Å². The molecule has 1 aromatic carbocycles. The number of nitrogens with zero attached hydrogens (tertiary/aromatic N) is 2. The Morgan fingerprint density at radius 3 is 2.62 bits per heavy atom. The highest BCUT2D eigenvalue weighted by molar-refractivity contribution is 7.90. The molecule has 0 amide bonds. The Morgan fingerprint density at radius 2 is 2.08 bits per heavy atom. The van der Waals surface area contributed by atoms with Crippen molar-refractivity contribution in [3.8, 4) is 0 Å². The number of para-hydroxylation sites is 1. The van der Waals surface area contributed by atoms with Crippen LogP contribution in [-0.4, -0.2) is 31.1 Å². The zero-order valence-corrected chi connectivity index (χ0v) is 15.3. The van der Waals surface area contributed by atoms with Crippen LogP contribution < -0.4 is 5.32 Å². The van der Waals surface area contributed by atoms with Crippen molar-refractivity contribution in [1.82, 2.24) is 4.98 Å². The molecule has 2 rings (SSSR count). The number of anilines is 1. The minimum absolute atomic E-state index is 0.197. The van der Waals surface area contributed by atoms with Crippen molar-refractivity contribution in [2.75, 3.05) is 18.1 Å². The highest BCUT2D eigenvalue weighted by atomic mass is 32.2. The second kappa shape index (κ2) is 7.27. The van der Waals surface area contributed by atoms with Crippen LogP contribution in [0.15, 0.2) is 28.5 Å². The first-order chi connectivity index (χ1) is 11.2. The van der Waals surface area contributed by atoms with E-state index in [9.17, 15) is 18.5 Å². The number of benzene rings is 1. The third-order valence-corrected chi connectivity index (χ3v) is 5.66. The normalized spacial score (nSPS) is 11.7. The van der Waals surface area contributed by atoms with Gasteiger partial charge in [-0.05, 0) is 12.1 Å². The first-order valence-electron chi connectivity index (χ1n) is 7.35. The summed E-state index contributed by atoms with van der Waals surface area (Å²) in [6.45, 7) is 4.57. The molecule has 0 aliphatic rings. The summed E-state index contributed by atoms with van der Waals surface area (Å²) >= 11 is 1.59. The molecule has 130 valence electrons. The summed E-state index contributed by atoms with van der Waals surface area (Å²) in [6, 6.07) is 4.24.